The van der Waals surface area contributed by atoms with Crippen LogP contribution < -0.4 is 0 Å². The Labute approximate surface area is 135 Å². The Morgan fingerprint density at radius 1 is 1.26 bits per heavy atom. The minimum atomic E-state index is 0.164. The summed E-state index contributed by atoms with van der Waals surface area (Å²) in [6, 6.07) is 9.01. The number of aryl methyl sites for hydroxylation is 1. The van der Waals surface area contributed by atoms with Crippen LogP contribution in [-0.4, -0.2) is 37.5 Å². The first-order chi connectivity index (χ1) is 11.4. The van der Waals surface area contributed by atoms with Gasteiger partial charge in [-0.2, -0.15) is 0 Å². The third kappa shape index (κ3) is 2.62. The highest BCUT2D eigenvalue weighted by atomic mass is 16.3. The molecule has 5 heteroatoms. The zero-order chi connectivity index (χ0) is 15.6. The van der Waals surface area contributed by atoms with E-state index >= 15 is 0 Å². The van der Waals surface area contributed by atoms with E-state index in [0.29, 0.717) is 12.6 Å². The van der Waals surface area contributed by atoms with Gasteiger partial charge in [-0.15, -0.1) is 0 Å². The van der Waals surface area contributed by atoms with Crippen LogP contribution in [0.3, 0.4) is 0 Å². The SMILES string of the molecule is OCCN(Cc1cnc2cnccn12)C1CCc2ccccc21. The molecule has 1 aliphatic carbocycles. The largest absolute Gasteiger partial charge is 0.395 e. The van der Waals surface area contributed by atoms with Crippen molar-refractivity contribution in [1.82, 2.24) is 19.3 Å². The highest BCUT2D eigenvalue weighted by Gasteiger charge is 2.27. The fraction of sp³-hybridized carbons (Fsp3) is 0.333. The van der Waals surface area contributed by atoms with Crippen LogP contribution >= 0.6 is 0 Å². The van der Waals surface area contributed by atoms with Gasteiger partial charge in [0.2, 0.25) is 0 Å². The summed E-state index contributed by atoms with van der Waals surface area (Å²) < 4.78 is 2.07. The number of rotatable bonds is 5. The Bertz CT molecular complexity index is 813. The molecule has 2 heterocycles. The van der Waals surface area contributed by atoms with Crippen molar-refractivity contribution in [3.05, 3.63) is 65.9 Å². The van der Waals surface area contributed by atoms with E-state index in [1.807, 2.05) is 12.4 Å². The normalized spacial score (nSPS) is 17.0. The number of aliphatic hydroxyl groups excluding tert-OH is 1. The first-order valence-corrected chi connectivity index (χ1v) is 8.05. The van der Waals surface area contributed by atoms with E-state index in [9.17, 15) is 5.11 Å². The molecule has 5 nitrogen and oxygen atoms in total. The van der Waals surface area contributed by atoms with E-state index in [4.69, 9.17) is 0 Å². The van der Waals surface area contributed by atoms with E-state index in [1.165, 1.54) is 11.1 Å². The molecule has 1 N–H and O–H groups in total. The maximum absolute atomic E-state index is 9.51. The summed E-state index contributed by atoms with van der Waals surface area (Å²) in [5.41, 5.74) is 4.82. The molecule has 0 saturated heterocycles. The number of aromatic nitrogens is 3. The number of aliphatic hydroxyl groups is 1. The van der Waals surface area contributed by atoms with Crippen molar-refractivity contribution in [2.45, 2.75) is 25.4 Å². The van der Waals surface area contributed by atoms with Crippen LogP contribution in [0.5, 0.6) is 0 Å². The Balaban J connectivity index is 1.64. The summed E-state index contributed by atoms with van der Waals surface area (Å²) in [5, 5.41) is 9.51. The molecule has 0 bridgehead atoms. The van der Waals surface area contributed by atoms with Crippen LogP contribution in [0.2, 0.25) is 0 Å². The number of hydrogen-bond donors (Lipinski definition) is 1. The van der Waals surface area contributed by atoms with Gasteiger partial charge in [0.25, 0.3) is 0 Å². The lowest BCUT2D eigenvalue weighted by atomic mass is 10.1. The molecule has 0 saturated carbocycles. The maximum atomic E-state index is 9.51. The van der Waals surface area contributed by atoms with Crippen molar-refractivity contribution in [3.8, 4) is 0 Å². The second kappa shape index (κ2) is 6.10. The predicted molar refractivity (Wildman–Crippen MR) is 88.0 cm³/mol. The van der Waals surface area contributed by atoms with Gasteiger partial charge in [0.05, 0.1) is 24.7 Å². The molecule has 1 unspecified atom stereocenters. The minimum absolute atomic E-state index is 0.164. The van der Waals surface area contributed by atoms with Crippen LogP contribution in [0.4, 0.5) is 0 Å². The van der Waals surface area contributed by atoms with Gasteiger partial charge >= 0.3 is 0 Å². The molecule has 0 fully saturated rings. The lowest BCUT2D eigenvalue weighted by Crippen LogP contribution is -2.30. The van der Waals surface area contributed by atoms with Crippen molar-refractivity contribution in [3.63, 3.8) is 0 Å². The molecule has 0 aliphatic heterocycles. The Morgan fingerprint density at radius 2 is 2.17 bits per heavy atom. The number of benzene rings is 1. The number of fused-ring (bicyclic) bond motifs is 2. The van der Waals surface area contributed by atoms with Gasteiger partial charge < -0.3 is 5.11 Å². The maximum Gasteiger partial charge on any atom is 0.155 e. The van der Waals surface area contributed by atoms with Crippen molar-refractivity contribution < 1.29 is 5.11 Å². The van der Waals surface area contributed by atoms with Crippen LogP contribution in [0.25, 0.3) is 5.65 Å². The van der Waals surface area contributed by atoms with E-state index in [2.05, 4.69) is 43.5 Å². The lowest BCUT2D eigenvalue weighted by molar-refractivity contribution is 0.141. The van der Waals surface area contributed by atoms with Crippen molar-refractivity contribution >= 4 is 5.65 Å². The highest BCUT2D eigenvalue weighted by molar-refractivity contribution is 5.37. The van der Waals surface area contributed by atoms with Crippen LogP contribution in [0.15, 0.2) is 49.1 Å². The summed E-state index contributed by atoms with van der Waals surface area (Å²) in [5.74, 6) is 0. The summed E-state index contributed by atoms with van der Waals surface area (Å²) in [6.07, 6.45) is 9.61. The molecule has 118 valence electrons. The fourth-order valence-corrected chi connectivity index (χ4v) is 3.61. The van der Waals surface area contributed by atoms with Gasteiger partial charge in [-0.1, -0.05) is 24.3 Å². The Hall–Kier alpha value is -2.24. The van der Waals surface area contributed by atoms with Gasteiger partial charge in [0.1, 0.15) is 0 Å². The fourth-order valence-electron chi connectivity index (χ4n) is 3.61. The summed E-state index contributed by atoms with van der Waals surface area (Å²) >= 11 is 0. The molecular formula is C18H20N4O. The number of nitrogens with zero attached hydrogens (tertiary/aromatic N) is 4. The second-order valence-electron chi connectivity index (χ2n) is 6.00. The molecule has 4 rings (SSSR count). The monoisotopic (exact) mass is 308 g/mol. The average Bonchev–Trinajstić information content (AvgIpc) is 3.19. The highest BCUT2D eigenvalue weighted by Crippen LogP contribution is 2.36. The third-order valence-electron chi connectivity index (χ3n) is 4.69. The smallest absolute Gasteiger partial charge is 0.155 e. The van der Waals surface area contributed by atoms with Gasteiger partial charge in [-0.25, -0.2) is 4.98 Å². The van der Waals surface area contributed by atoms with E-state index in [1.54, 1.807) is 12.4 Å². The van der Waals surface area contributed by atoms with Crippen molar-refractivity contribution in [2.75, 3.05) is 13.2 Å². The van der Waals surface area contributed by atoms with Gasteiger partial charge in [0.15, 0.2) is 5.65 Å². The predicted octanol–water partition coefficient (Wildman–Crippen LogP) is 2.21. The lowest BCUT2D eigenvalue weighted by Gasteiger charge is -2.28. The number of hydrogen-bond acceptors (Lipinski definition) is 4. The van der Waals surface area contributed by atoms with Gasteiger partial charge in [-0.05, 0) is 24.0 Å². The Kier molecular flexibility index (Phi) is 3.81. The number of imidazole rings is 1. The standard InChI is InChI=1S/C18H20N4O/c23-10-9-21(17-6-5-14-3-1-2-4-16(14)17)13-15-11-20-18-12-19-7-8-22(15)18/h1-4,7-8,11-12,17,23H,5-6,9-10,13H2. The third-order valence-corrected chi connectivity index (χ3v) is 4.69. The van der Waals surface area contributed by atoms with E-state index in [-0.39, 0.29) is 6.61 Å². The minimum Gasteiger partial charge on any atom is -0.395 e. The zero-order valence-corrected chi connectivity index (χ0v) is 13.0. The molecule has 1 aromatic carbocycles. The molecule has 1 atom stereocenters. The first kappa shape index (κ1) is 14.4. The molecule has 2 aromatic heterocycles. The quantitative estimate of drug-likeness (QED) is 0.785. The van der Waals surface area contributed by atoms with Crippen LogP contribution in [0, 0.1) is 0 Å². The molecular weight excluding hydrogens is 288 g/mol. The van der Waals surface area contributed by atoms with E-state index < -0.39 is 0 Å². The van der Waals surface area contributed by atoms with Gasteiger partial charge in [0, 0.05) is 31.5 Å². The van der Waals surface area contributed by atoms with Crippen LogP contribution in [0.1, 0.15) is 29.3 Å². The molecule has 0 amide bonds. The average molecular weight is 308 g/mol. The molecule has 1 aliphatic rings. The molecule has 3 aromatic rings. The molecule has 23 heavy (non-hydrogen) atoms. The Morgan fingerprint density at radius 3 is 3.09 bits per heavy atom. The van der Waals surface area contributed by atoms with Crippen LogP contribution in [-0.2, 0) is 13.0 Å². The topological polar surface area (TPSA) is 53.7 Å². The zero-order valence-electron chi connectivity index (χ0n) is 13.0. The van der Waals surface area contributed by atoms with Gasteiger partial charge in [-0.3, -0.25) is 14.3 Å². The van der Waals surface area contributed by atoms with Crippen molar-refractivity contribution in [1.29, 1.82) is 0 Å². The van der Waals surface area contributed by atoms with Crippen molar-refractivity contribution in [2.24, 2.45) is 0 Å². The molecule has 0 radical (unpaired) electrons. The molecule has 0 spiro atoms. The summed E-state index contributed by atoms with van der Waals surface area (Å²) in [7, 11) is 0. The first-order valence-electron chi connectivity index (χ1n) is 8.05. The van der Waals surface area contributed by atoms with E-state index in [0.717, 1.165) is 30.7 Å². The summed E-state index contributed by atoms with van der Waals surface area (Å²) in [4.78, 5) is 10.9. The summed E-state index contributed by atoms with van der Waals surface area (Å²) in [6.45, 7) is 1.60. The second-order valence-corrected chi connectivity index (χ2v) is 6.00.